The molecule has 25 heavy (non-hydrogen) atoms. The van der Waals surface area contributed by atoms with E-state index in [1.807, 2.05) is 48.7 Å². The van der Waals surface area contributed by atoms with Crippen molar-refractivity contribution in [3.63, 3.8) is 0 Å². The molecule has 0 aliphatic rings. The number of ether oxygens (including phenoxy) is 1. The predicted molar refractivity (Wildman–Crippen MR) is 101 cm³/mol. The molecule has 0 radical (unpaired) electrons. The van der Waals surface area contributed by atoms with Crippen LogP contribution in [-0.4, -0.2) is 25.3 Å². The van der Waals surface area contributed by atoms with Crippen molar-refractivity contribution in [1.82, 2.24) is 5.32 Å². The van der Waals surface area contributed by atoms with E-state index in [4.69, 9.17) is 9.57 Å². The van der Waals surface area contributed by atoms with Crippen molar-refractivity contribution in [2.45, 2.75) is 26.8 Å². The van der Waals surface area contributed by atoms with Gasteiger partial charge in [0.15, 0.2) is 6.61 Å². The van der Waals surface area contributed by atoms with E-state index in [1.54, 1.807) is 17.6 Å². The van der Waals surface area contributed by atoms with Gasteiger partial charge in [-0.1, -0.05) is 25.1 Å². The van der Waals surface area contributed by atoms with Crippen LogP contribution in [-0.2, 0) is 9.63 Å². The fourth-order valence-electron chi connectivity index (χ4n) is 2.26. The number of carbonyl (C=O) groups is 1. The Hall–Kier alpha value is -2.34. The fraction of sp³-hybridized carbons (Fsp3) is 0.368. The summed E-state index contributed by atoms with van der Waals surface area (Å²) >= 11 is 1.64. The first-order chi connectivity index (χ1) is 12.1. The second-order valence-corrected chi connectivity index (χ2v) is 6.79. The van der Waals surface area contributed by atoms with Gasteiger partial charge in [-0.25, -0.2) is 0 Å². The zero-order valence-electron chi connectivity index (χ0n) is 14.8. The topological polar surface area (TPSA) is 59.9 Å². The number of amides is 1. The Morgan fingerprint density at radius 1 is 1.28 bits per heavy atom. The van der Waals surface area contributed by atoms with Crippen LogP contribution >= 0.6 is 11.3 Å². The van der Waals surface area contributed by atoms with Crippen LogP contribution in [0.3, 0.4) is 0 Å². The first-order valence-electron chi connectivity index (χ1n) is 8.31. The molecule has 1 atom stereocenters. The summed E-state index contributed by atoms with van der Waals surface area (Å²) in [7, 11) is 0. The molecule has 0 bridgehead atoms. The van der Waals surface area contributed by atoms with Gasteiger partial charge >= 0.3 is 0 Å². The molecule has 2 aromatic rings. The van der Waals surface area contributed by atoms with Crippen molar-refractivity contribution >= 4 is 23.5 Å². The maximum atomic E-state index is 12.1. The number of rotatable bonds is 9. The highest BCUT2D eigenvalue weighted by molar-refractivity contribution is 7.10. The molecule has 1 amide bonds. The zero-order chi connectivity index (χ0) is 18.1. The van der Waals surface area contributed by atoms with Gasteiger partial charge in [-0.15, -0.1) is 11.3 Å². The predicted octanol–water partition coefficient (Wildman–Crippen LogP) is 4.01. The molecule has 0 spiro atoms. The van der Waals surface area contributed by atoms with Crippen LogP contribution in [0.5, 0.6) is 5.75 Å². The molecule has 1 heterocycles. The van der Waals surface area contributed by atoms with Crippen LogP contribution in [0.2, 0.25) is 0 Å². The largest absolute Gasteiger partial charge is 0.494 e. The molecule has 0 fully saturated rings. The Morgan fingerprint density at radius 3 is 2.64 bits per heavy atom. The molecule has 0 saturated heterocycles. The molecule has 0 saturated carbocycles. The molecule has 1 unspecified atom stereocenters. The third-order valence-electron chi connectivity index (χ3n) is 3.50. The molecule has 134 valence electrons. The molecule has 2 rings (SSSR count). The highest BCUT2D eigenvalue weighted by Crippen LogP contribution is 2.25. The van der Waals surface area contributed by atoms with Gasteiger partial charge in [0.2, 0.25) is 0 Å². The second kappa shape index (κ2) is 9.84. The van der Waals surface area contributed by atoms with Crippen molar-refractivity contribution in [2.75, 3.05) is 13.2 Å². The van der Waals surface area contributed by atoms with Gasteiger partial charge in [-0.05, 0) is 54.1 Å². The van der Waals surface area contributed by atoms with E-state index in [-0.39, 0.29) is 18.6 Å². The summed E-state index contributed by atoms with van der Waals surface area (Å²) in [6, 6.07) is 11.5. The lowest BCUT2D eigenvalue weighted by atomic mass is 10.0. The van der Waals surface area contributed by atoms with Gasteiger partial charge in [-0.2, -0.15) is 0 Å². The van der Waals surface area contributed by atoms with Gasteiger partial charge in [-0.3, -0.25) is 4.79 Å². The molecule has 0 aliphatic carbocycles. The summed E-state index contributed by atoms with van der Waals surface area (Å²) in [5.74, 6) is 0.930. The number of hydrogen-bond acceptors (Lipinski definition) is 5. The summed E-state index contributed by atoms with van der Waals surface area (Å²) in [5.41, 5.74) is 0.877. The molecular weight excluding hydrogens is 336 g/mol. The highest BCUT2D eigenvalue weighted by Gasteiger charge is 2.19. The standard InChI is InChI=1S/C19H24N2O3S/c1-4-23-16-9-7-15(8-10-16)12-20-24-13-18(22)21-19(14(2)3)17-6-5-11-25-17/h5-12,14,19H,4,13H2,1-3H3,(H,21,22)/b20-12+. The summed E-state index contributed by atoms with van der Waals surface area (Å²) in [4.78, 5) is 18.3. The normalized spacial score (nSPS) is 12.3. The Labute approximate surface area is 152 Å². The number of nitrogens with one attached hydrogen (secondary N) is 1. The van der Waals surface area contributed by atoms with E-state index >= 15 is 0 Å². The Balaban J connectivity index is 1.79. The zero-order valence-corrected chi connectivity index (χ0v) is 15.6. The van der Waals surface area contributed by atoms with Crippen LogP contribution in [0.4, 0.5) is 0 Å². The van der Waals surface area contributed by atoms with Crippen molar-refractivity contribution in [1.29, 1.82) is 0 Å². The second-order valence-electron chi connectivity index (χ2n) is 5.81. The van der Waals surface area contributed by atoms with E-state index in [9.17, 15) is 4.79 Å². The molecule has 1 aromatic carbocycles. The average molecular weight is 360 g/mol. The minimum absolute atomic E-state index is 0.00816. The van der Waals surface area contributed by atoms with Crippen LogP contribution in [0.25, 0.3) is 0 Å². The van der Waals surface area contributed by atoms with E-state index in [0.717, 1.165) is 16.2 Å². The summed E-state index contributed by atoms with van der Waals surface area (Å²) in [6.45, 7) is 6.62. The number of oxime groups is 1. The minimum Gasteiger partial charge on any atom is -0.494 e. The lowest BCUT2D eigenvalue weighted by Gasteiger charge is -2.20. The van der Waals surface area contributed by atoms with Crippen molar-refractivity contribution in [3.8, 4) is 5.75 Å². The van der Waals surface area contributed by atoms with Crippen LogP contribution in [0.1, 0.15) is 37.3 Å². The Bertz CT molecular complexity index is 666. The van der Waals surface area contributed by atoms with Crippen molar-refractivity contribution in [3.05, 3.63) is 52.2 Å². The van der Waals surface area contributed by atoms with Gasteiger partial charge < -0.3 is 14.9 Å². The minimum atomic E-state index is -0.184. The maximum Gasteiger partial charge on any atom is 0.261 e. The summed E-state index contributed by atoms with van der Waals surface area (Å²) in [6.07, 6.45) is 1.57. The molecule has 1 N–H and O–H groups in total. The smallest absolute Gasteiger partial charge is 0.261 e. The first kappa shape index (κ1) is 19.0. The van der Waals surface area contributed by atoms with E-state index in [1.165, 1.54) is 0 Å². The van der Waals surface area contributed by atoms with E-state index in [0.29, 0.717) is 12.5 Å². The monoisotopic (exact) mass is 360 g/mol. The quantitative estimate of drug-likeness (QED) is 0.543. The van der Waals surface area contributed by atoms with E-state index in [2.05, 4.69) is 24.3 Å². The van der Waals surface area contributed by atoms with Crippen LogP contribution < -0.4 is 10.1 Å². The SMILES string of the molecule is CCOc1ccc(/C=N/OCC(=O)NC(c2cccs2)C(C)C)cc1. The first-order valence-corrected chi connectivity index (χ1v) is 9.19. The van der Waals surface area contributed by atoms with Crippen molar-refractivity contribution < 1.29 is 14.4 Å². The summed E-state index contributed by atoms with van der Waals surface area (Å²) in [5, 5.41) is 8.85. The van der Waals surface area contributed by atoms with Crippen molar-refractivity contribution in [2.24, 2.45) is 11.1 Å². The highest BCUT2D eigenvalue weighted by atomic mass is 32.1. The fourth-order valence-corrected chi connectivity index (χ4v) is 3.21. The lowest BCUT2D eigenvalue weighted by Crippen LogP contribution is -2.33. The van der Waals surface area contributed by atoms with E-state index < -0.39 is 0 Å². The number of nitrogens with zero attached hydrogens (tertiary/aromatic N) is 1. The van der Waals surface area contributed by atoms with Gasteiger partial charge in [0.05, 0.1) is 18.9 Å². The third kappa shape index (κ3) is 6.23. The number of benzene rings is 1. The number of hydrogen-bond donors (Lipinski definition) is 1. The third-order valence-corrected chi connectivity index (χ3v) is 4.45. The molecule has 6 heteroatoms. The van der Waals surface area contributed by atoms with Crippen LogP contribution in [0.15, 0.2) is 46.9 Å². The van der Waals surface area contributed by atoms with Gasteiger partial charge in [0, 0.05) is 4.88 Å². The van der Waals surface area contributed by atoms with Crippen LogP contribution in [0, 0.1) is 5.92 Å². The lowest BCUT2D eigenvalue weighted by molar-refractivity contribution is -0.126. The Kier molecular flexibility index (Phi) is 7.47. The Morgan fingerprint density at radius 2 is 2.04 bits per heavy atom. The number of thiophene rings is 1. The van der Waals surface area contributed by atoms with Gasteiger partial charge in [0.25, 0.3) is 5.91 Å². The maximum absolute atomic E-state index is 12.1. The van der Waals surface area contributed by atoms with Gasteiger partial charge in [0.1, 0.15) is 5.75 Å². The average Bonchev–Trinajstić information content (AvgIpc) is 3.12. The molecular formula is C19H24N2O3S. The number of carbonyl (C=O) groups excluding carboxylic acids is 1. The molecule has 5 nitrogen and oxygen atoms in total. The molecule has 1 aromatic heterocycles. The molecule has 0 aliphatic heterocycles. The summed E-state index contributed by atoms with van der Waals surface area (Å²) < 4.78 is 5.38.